The maximum Gasteiger partial charge on any atom is 0.123 e. The average Bonchev–Trinajstić information content (AvgIpc) is 2.77. The van der Waals surface area contributed by atoms with Crippen LogP contribution in [0.15, 0.2) is 42.5 Å². The third-order valence-electron chi connectivity index (χ3n) is 3.55. The predicted octanol–water partition coefficient (Wildman–Crippen LogP) is 2.76. The van der Waals surface area contributed by atoms with Crippen LogP contribution < -0.4 is 5.73 Å². The molecule has 2 N–H and O–H groups in total. The highest BCUT2D eigenvalue weighted by Crippen LogP contribution is 2.19. The Bertz CT molecular complexity index is 744. The molecule has 3 nitrogen and oxygen atoms in total. The van der Waals surface area contributed by atoms with Crippen molar-refractivity contribution in [2.24, 2.45) is 12.8 Å². The molecule has 20 heavy (non-hydrogen) atoms. The van der Waals surface area contributed by atoms with E-state index in [0.29, 0.717) is 13.0 Å². The molecule has 4 heteroatoms. The lowest BCUT2D eigenvalue weighted by Crippen LogP contribution is -2.00. The average molecular weight is 269 g/mol. The Balaban J connectivity index is 1.99. The first-order chi connectivity index (χ1) is 9.67. The van der Waals surface area contributed by atoms with Gasteiger partial charge in [-0.1, -0.05) is 18.2 Å². The monoisotopic (exact) mass is 269 g/mol. The first kappa shape index (κ1) is 12.8. The van der Waals surface area contributed by atoms with Crippen molar-refractivity contribution in [3.05, 3.63) is 65.2 Å². The van der Waals surface area contributed by atoms with Crippen LogP contribution in [0.3, 0.4) is 0 Å². The van der Waals surface area contributed by atoms with Crippen LogP contribution in [-0.4, -0.2) is 9.55 Å². The molecule has 0 saturated heterocycles. The number of halogens is 1. The van der Waals surface area contributed by atoms with Crippen molar-refractivity contribution in [1.82, 2.24) is 9.55 Å². The summed E-state index contributed by atoms with van der Waals surface area (Å²) in [5, 5.41) is 0. The molecule has 0 unspecified atom stereocenters. The molecule has 0 saturated carbocycles. The largest absolute Gasteiger partial charge is 0.331 e. The van der Waals surface area contributed by atoms with Gasteiger partial charge in [-0.05, 0) is 35.4 Å². The molecule has 0 atom stereocenters. The van der Waals surface area contributed by atoms with Gasteiger partial charge in [0.2, 0.25) is 0 Å². The summed E-state index contributed by atoms with van der Waals surface area (Å²) in [6.07, 6.45) is 0.684. The standard InChI is InChI=1S/C16H16FN3/c1-20-15-8-12(10-18)4-7-14(15)19-16(20)9-11-2-5-13(17)6-3-11/h2-8H,9-10,18H2,1H3. The third kappa shape index (κ3) is 2.30. The van der Waals surface area contributed by atoms with Crippen LogP contribution in [0.1, 0.15) is 17.0 Å². The molecule has 3 aromatic rings. The second-order valence-electron chi connectivity index (χ2n) is 4.92. The van der Waals surface area contributed by atoms with Crippen LogP contribution in [0.4, 0.5) is 4.39 Å². The molecule has 0 aliphatic carbocycles. The summed E-state index contributed by atoms with van der Waals surface area (Å²) in [6, 6.07) is 12.6. The summed E-state index contributed by atoms with van der Waals surface area (Å²) < 4.78 is 15.0. The number of fused-ring (bicyclic) bond motifs is 1. The van der Waals surface area contributed by atoms with Crippen molar-refractivity contribution in [2.75, 3.05) is 0 Å². The Kier molecular flexibility index (Phi) is 3.24. The van der Waals surface area contributed by atoms with Gasteiger partial charge in [0.05, 0.1) is 11.0 Å². The van der Waals surface area contributed by atoms with Gasteiger partial charge < -0.3 is 10.3 Å². The highest BCUT2D eigenvalue weighted by atomic mass is 19.1. The Labute approximate surface area is 116 Å². The van der Waals surface area contributed by atoms with Crippen LogP contribution in [-0.2, 0) is 20.0 Å². The Morgan fingerprint density at radius 3 is 2.50 bits per heavy atom. The summed E-state index contributed by atoms with van der Waals surface area (Å²) in [5.74, 6) is 0.743. The van der Waals surface area contributed by atoms with Crippen LogP contribution in [0.2, 0.25) is 0 Å². The second kappa shape index (κ2) is 5.06. The van der Waals surface area contributed by atoms with Crippen LogP contribution >= 0.6 is 0 Å². The molecule has 0 aliphatic rings. The summed E-state index contributed by atoms with van der Waals surface area (Å²) in [5.41, 5.74) is 9.84. The van der Waals surface area contributed by atoms with Gasteiger partial charge in [-0.3, -0.25) is 0 Å². The predicted molar refractivity (Wildman–Crippen MR) is 77.8 cm³/mol. The molecule has 1 aromatic heterocycles. The van der Waals surface area contributed by atoms with Gasteiger partial charge in [0.25, 0.3) is 0 Å². The van der Waals surface area contributed by atoms with Gasteiger partial charge >= 0.3 is 0 Å². The van der Waals surface area contributed by atoms with Crippen molar-refractivity contribution in [2.45, 2.75) is 13.0 Å². The van der Waals surface area contributed by atoms with Crippen molar-refractivity contribution in [3.63, 3.8) is 0 Å². The van der Waals surface area contributed by atoms with E-state index in [0.717, 1.165) is 28.0 Å². The molecular formula is C16H16FN3. The van der Waals surface area contributed by atoms with E-state index in [1.54, 1.807) is 12.1 Å². The molecule has 0 spiro atoms. The van der Waals surface area contributed by atoms with Crippen molar-refractivity contribution in [3.8, 4) is 0 Å². The number of imidazole rings is 1. The summed E-state index contributed by atoms with van der Waals surface area (Å²) >= 11 is 0. The van der Waals surface area contributed by atoms with E-state index >= 15 is 0 Å². The lowest BCUT2D eigenvalue weighted by molar-refractivity contribution is 0.627. The topological polar surface area (TPSA) is 43.8 Å². The first-order valence-corrected chi connectivity index (χ1v) is 6.56. The number of nitrogens with two attached hydrogens (primary N) is 1. The third-order valence-corrected chi connectivity index (χ3v) is 3.55. The number of hydrogen-bond acceptors (Lipinski definition) is 2. The van der Waals surface area contributed by atoms with Gasteiger partial charge in [-0.15, -0.1) is 0 Å². The maximum absolute atomic E-state index is 12.9. The Hall–Kier alpha value is -2.20. The van der Waals surface area contributed by atoms with Gasteiger partial charge in [0, 0.05) is 20.0 Å². The second-order valence-corrected chi connectivity index (χ2v) is 4.92. The van der Waals surface area contributed by atoms with E-state index in [1.165, 1.54) is 12.1 Å². The highest BCUT2D eigenvalue weighted by Gasteiger charge is 2.09. The fraction of sp³-hybridized carbons (Fsp3) is 0.188. The molecule has 0 fully saturated rings. The fourth-order valence-electron chi connectivity index (χ4n) is 2.36. The summed E-state index contributed by atoms with van der Waals surface area (Å²) in [4.78, 5) is 4.63. The van der Waals surface area contributed by atoms with Crippen molar-refractivity contribution < 1.29 is 4.39 Å². The first-order valence-electron chi connectivity index (χ1n) is 6.56. The molecule has 0 radical (unpaired) electrons. The number of hydrogen-bond donors (Lipinski definition) is 1. The highest BCUT2D eigenvalue weighted by molar-refractivity contribution is 5.77. The van der Waals surface area contributed by atoms with E-state index in [-0.39, 0.29) is 5.82 Å². The molecule has 0 bridgehead atoms. The van der Waals surface area contributed by atoms with Crippen molar-refractivity contribution >= 4 is 11.0 Å². The SMILES string of the molecule is Cn1c(Cc2ccc(F)cc2)nc2ccc(CN)cc21. The van der Waals surface area contributed by atoms with E-state index in [4.69, 9.17) is 5.73 Å². The van der Waals surface area contributed by atoms with E-state index in [9.17, 15) is 4.39 Å². The number of nitrogens with zero attached hydrogens (tertiary/aromatic N) is 2. The zero-order valence-corrected chi connectivity index (χ0v) is 11.3. The van der Waals surface area contributed by atoms with E-state index in [1.807, 2.05) is 19.2 Å². The minimum Gasteiger partial charge on any atom is -0.331 e. The van der Waals surface area contributed by atoms with Crippen molar-refractivity contribution in [1.29, 1.82) is 0 Å². The quantitative estimate of drug-likeness (QED) is 0.794. The molecule has 0 amide bonds. The van der Waals surface area contributed by atoms with Gasteiger partial charge in [0.15, 0.2) is 0 Å². The molecule has 2 aromatic carbocycles. The maximum atomic E-state index is 12.9. The Morgan fingerprint density at radius 1 is 1.10 bits per heavy atom. The zero-order chi connectivity index (χ0) is 14.1. The normalized spacial score (nSPS) is 11.2. The lowest BCUT2D eigenvalue weighted by Gasteiger charge is -2.03. The number of rotatable bonds is 3. The van der Waals surface area contributed by atoms with Gasteiger partial charge in [-0.2, -0.15) is 0 Å². The number of aromatic nitrogens is 2. The lowest BCUT2D eigenvalue weighted by atomic mass is 10.1. The molecular weight excluding hydrogens is 253 g/mol. The summed E-state index contributed by atoms with van der Waals surface area (Å²) in [7, 11) is 1.99. The minimum absolute atomic E-state index is 0.216. The van der Waals surface area contributed by atoms with Crippen LogP contribution in [0.25, 0.3) is 11.0 Å². The van der Waals surface area contributed by atoms with E-state index < -0.39 is 0 Å². The number of aryl methyl sites for hydroxylation is 1. The minimum atomic E-state index is -0.216. The molecule has 102 valence electrons. The van der Waals surface area contributed by atoms with Crippen LogP contribution in [0, 0.1) is 5.82 Å². The number of benzene rings is 2. The summed E-state index contributed by atoms with van der Waals surface area (Å²) in [6.45, 7) is 0.522. The van der Waals surface area contributed by atoms with E-state index in [2.05, 4.69) is 15.6 Å². The molecule has 3 rings (SSSR count). The Morgan fingerprint density at radius 2 is 1.80 bits per heavy atom. The zero-order valence-electron chi connectivity index (χ0n) is 11.3. The fourth-order valence-corrected chi connectivity index (χ4v) is 2.36. The van der Waals surface area contributed by atoms with Gasteiger partial charge in [-0.25, -0.2) is 9.37 Å². The smallest absolute Gasteiger partial charge is 0.123 e. The molecule has 1 heterocycles. The van der Waals surface area contributed by atoms with Crippen LogP contribution in [0.5, 0.6) is 0 Å². The van der Waals surface area contributed by atoms with Gasteiger partial charge in [0.1, 0.15) is 11.6 Å². The molecule has 0 aliphatic heterocycles.